The van der Waals surface area contributed by atoms with Crippen LogP contribution in [-0.2, 0) is 6.42 Å². The Morgan fingerprint density at radius 1 is 1.29 bits per heavy atom. The average molecular weight is 233 g/mol. The molecule has 0 radical (unpaired) electrons. The van der Waals surface area contributed by atoms with Gasteiger partial charge in [0.15, 0.2) is 0 Å². The smallest absolute Gasteiger partial charge is 0.0270 e. The molecule has 1 fully saturated rings. The highest BCUT2D eigenvalue weighted by Crippen LogP contribution is 2.24. The summed E-state index contributed by atoms with van der Waals surface area (Å²) in [7, 11) is 0. The normalized spacial score (nSPS) is 20.4. The van der Waals surface area contributed by atoms with Crippen molar-refractivity contribution >= 4 is 0 Å². The summed E-state index contributed by atoms with van der Waals surface area (Å²) in [5.41, 5.74) is 7.52. The van der Waals surface area contributed by atoms with Crippen LogP contribution in [0.2, 0.25) is 0 Å². The molecule has 0 aliphatic carbocycles. The molecule has 1 unspecified atom stereocenters. The van der Waals surface area contributed by atoms with Gasteiger partial charge in [-0.1, -0.05) is 6.92 Å². The summed E-state index contributed by atoms with van der Waals surface area (Å²) in [6.45, 7) is 6.64. The summed E-state index contributed by atoms with van der Waals surface area (Å²) in [6, 6.07) is 4.19. The van der Waals surface area contributed by atoms with Gasteiger partial charge in [-0.3, -0.25) is 4.98 Å². The number of likely N-dealkylation sites (tertiary alicyclic amines) is 1. The van der Waals surface area contributed by atoms with Gasteiger partial charge in [-0.25, -0.2) is 0 Å². The fourth-order valence-electron chi connectivity index (χ4n) is 2.67. The summed E-state index contributed by atoms with van der Waals surface area (Å²) in [5, 5.41) is 0. The number of hydrogen-bond acceptors (Lipinski definition) is 3. The highest BCUT2D eigenvalue weighted by molar-refractivity contribution is 5.12. The van der Waals surface area contributed by atoms with E-state index in [1.54, 1.807) is 0 Å². The average Bonchev–Trinajstić information content (AvgIpc) is 2.83. The molecular formula is C14H23N3. The number of rotatable bonds is 5. The Hall–Kier alpha value is -0.930. The number of nitrogens with zero attached hydrogens (tertiary/aromatic N) is 2. The summed E-state index contributed by atoms with van der Waals surface area (Å²) in [6.07, 6.45) is 7.46. The molecule has 0 saturated carbocycles. The lowest BCUT2D eigenvalue weighted by Crippen LogP contribution is -2.41. The van der Waals surface area contributed by atoms with Crippen molar-refractivity contribution in [1.82, 2.24) is 9.88 Å². The zero-order chi connectivity index (χ0) is 12.1. The minimum Gasteiger partial charge on any atom is -0.330 e. The van der Waals surface area contributed by atoms with Crippen LogP contribution in [0.3, 0.4) is 0 Å². The first-order chi connectivity index (χ1) is 8.22. The largest absolute Gasteiger partial charge is 0.330 e. The molecular weight excluding hydrogens is 210 g/mol. The minimum absolute atomic E-state index is 0.186. The third-order valence-corrected chi connectivity index (χ3v) is 3.68. The van der Waals surface area contributed by atoms with Gasteiger partial charge in [0.05, 0.1) is 0 Å². The van der Waals surface area contributed by atoms with Gasteiger partial charge in [-0.05, 0) is 62.0 Å². The van der Waals surface area contributed by atoms with Crippen molar-refractivity contribution in [3.8, 4) is 0 Å². The van der Waals surface area contributed by atoms with Gasteiger partial charge in [0.2, 0.25) is 0 Å². The van der Waals surface area contributed by atoms with Gasteiger partial charge in [0.1, 0.15) is 0 Å². The molecule has 2 heterocycles. The van der Waals surface area contributed by atoms with Crippen molar-refractivity contribution in [3.05, 3.63) is 30.1 Å². The van der Waals surface area contributed by atoms with Crippen molar-refractivity contribution < 1.29 is 0 Å². The Kier molecular flexibility index (Phi) is 4.13. The van der Waals surface area contributed by atoms with Crippen LogP contribution in [0.4, 0.5) is 0 Å². The van der Waals surface area contributed by atoms with E-state index in [1.807, 2.05) is 12.4 Å². The number of pyridine rings is 1. The topological polar surface area (TPSA) is 42.1 Å². The van der Waals surface area contributed by atoms with Crippen LogP contribution in [0.15, 0.2) is 24.5 Å². The Bertz CT molecular complexity index is 333. The zero-order valence-corrected chi connectivity index (χ0v) is 10.7. The van der Waals surface area contributed by atoms with E-state index in [9.17, 15) is 0 Å². The maximum atomic E-state index is 5.99. The maximum absolute atomic E-state index is 5.99. The van der Waals surface area contributed by atoms with Gasteiger partial charge in [0.25, 0.3) is 0 Å². The van der Waals surface area contributed by atoms with E-state index in [1.165, 1.54) is 31.5 Å². The molecule has 3 heteroatoms. The second-order valence-electron chi connectivity index (χ2n) is 5.53. The fraction of sp³-hybridized carbons (Fsp3) is 0.643. The highest BCUT2D eigenvalue weighted by atomic mass is 15.1. The van der Waals surface area contributed by atoms with Crippen molar-refractivity contribution in [1.29, 1.82) is 0 Å². The van der Waals surface area contributed by atoms with Crippen LogP contribution >= 0.6 is 0 Å². The van der Waals surface area contributed by atoms with Crippen LogP contribution in [0.1, 0.15) is 25.3 Å². The van der Waals surface area contributed by atoms with E-state index < -0.39 is 0 Å². The van der Waals surface area contributed by atoms with Crippen LogP contribution in [0, 0.1) is 5.41 Å². The van der Waals surface area contributed by atoms with E-state index in [0.29, 0.717) is 0 Å². The van der Waals surface area contributed by atoms with Crippen LogP contribution in [0.25, 0.3) is 0 Å². The third kappa shape index (κ3) is 3.51. The molecule has 17 heavy (non-hydrogen) atoms. The van der Waals surface area contributed by atoms with E-state index in [-0.39, 0.29) is 5.41 Å². The molecule has 2 N–H and O–H groups in total. The van der Waals surface area contributed by atoms with Crippen molar-refractivity contribution in [2.75, 3.05) is 26.2 Å². The lowest BCUT2D eigenvalue weighted by atomic mass is 9.83. The minimum atomic E-state index is 0.186. The molecule has 1 aromatic rings. The molecule has 1 aromatic heterocycles. The Balaban J connectivity index is 1.98. The molecule has 3 nitrogen and oxygen atoms in total. The number of aromatic nitrogens is 1. The number of nitrogens with two attached hydrogens (primary N) is 1. The molecule has 1 aliphatic rings. The second kappa shape index (κ2) is 5.61. The Morgan fingerprint density at radius 2 is 1.94 bits per heavy atom. The molecule has 1 atom stereocenters. The molecule has 94 valence electrons. The predicted molar refractivity (Wildman–Crippen MR) is 70.8 cm³/mol. The summed E-state index contributed by atoms with van der Waals surface area (Å²) < 4.78 is 0. The van der Waals surface area contributed by atoms with Crippen molar-refractivity contribution in [3.63, 3.8) is 0 Å². The quantitative estimate of drug-likeness (QED) is 0.841. The lowest BCUT2D eigenvalue weighted by Gasteiger charge is -2.32. The summed E-state index contributed by atoms with van der Waals surface area (Å²) in [4.78, 5) is 6.61. The first kappa shape index (κ1) is 12.5. The molecule has 1 aliphatic heterocycles. The van der Waals surface area contributed by atoms with E-state index in [4.69, 9.17) is 5.73 Å². The summed E-state index contributed by atoms with van der Waals surface area (Å²) in [5.74, 6) is 0. The molecule has 2 rings (SSSR count). The van der Waals surface area contributed by atoms with Gasteiger partial charge in [-0.2, -0.15) is 0 Å². The molecule has 0 bridgehead atoms. The van der Waals surface area contributed by atoms with Gasteiger partial charge in [0, 0.05) is 18.9 Å². The van der Waals surface area contributed by atoms with E-state index in [2.05, 4.69) is 28.9 Å². The Labute approximate surface area is 104 Å². The maximum Gasteiger partial charge on any atom is 0.0270 e. The van der Waals surface area contributed by atoms with Crippen LogP contribution in [0.5, 0.6) is 0 Å². The fourth-order valence-corrected chi connectivity index (χ4v) is 2.67. The monoisotopic (exact) mass is 233 g/mol. The lowest BCUT2D eigenvalue weighted by molar-refractivity contribution is 0.196. The van der Waals surface area contributed by atoms with Gasteiger partial charge in [-0.15, -0.1) is 0 Å². The zero-order valence-electron chi connectivity index (χ0n) is 10.7. The van der Waals surface area contributed by atoms with E-state index >= 15 is 0 Å². The predicted octanol–water partition coefficient (Wildman–Crippen LogP) is 1.68. The Morgan fingerprint density at radius 3 is 2.53 bits per heavy atom. The molecule has 0 spiro atoms. The van der Waals surface area contributed by atoms with Crippen LogP contribution in [-0.4, -0.2) is 36.1 Å². The first-order valence-corrected chi connectivity index (χ1v) is 6.53. The van der Waals surface area contributed by atoms with Gasteiger partial charge >= 0.3 is 0 Å². The highest BCUT2D eigenvalue weighted by Gasteiger charge is 2.27. The molecule has 0 amide bonds. The SMILES string of the molecule is CC(CN)(Cc1ccncc1)CN1CCCC1. The number of hydrogen-bond donors (Lipinski definition) is 1. The van der Waals surface area contributed by atoms with Crippen molar-refractivity contribution in [2.45, 2.75) is 26.2 Å². The summed E-state index contributed by atoms with van der Waals surface area (Å²) >= 11 is 0. The van der Waals surface area contributed by atoms with Crippen molar-refractivity contribution in [2.24, 2.45) is 11.1 Å². The first-order valence-electron chi connectivity index (χ1n) is 6.53. The molecule has 1 saturated heterocycles. The second-order valence-corrected chi connectivity index (χ2v) is 5.53. The standard InChI is InChI=1S/C14H23N3/c1-14(11-15,12-17-8-2-3-9-17)10-13-4-6-16-7-5-13/h4-7H,2-3,8-12,15H2,1H3. The third-order valence-electron chi connectivity index (χ3n) is 3.68. The van der Waals surface area contributed by atoms with E-state index in [0.717, 1.165) is 19.5 Å². The van der Waals surface area contributed by atoms with Gasteiger partial charge < -0.3 is 10.6 Å². The molecule has 0 aromatic carbocycles. The van der Waals surface area contributed by atoms with Crippen LogP contribution < -0.4 is 5.73 Å².